The van der Waals surface area contributed by atoms with Crippen molar-refractivity contribution in [3.8, 4) is 17.2 Å². The van der Waals surface area contributed by atoms with E-state index in [9.17, 15) is 9.59 Å². The third-order valence-electron chi connectivity index (χ3n) is 4.28. The molecule has 0 saturated heterocycles. The van der Waals surface area contributed by atoms with E-state index in [-0.39, 0.29) is 13.2 Å². The average Bonchev–Trinajstić information content (AvgIpc) is 2.75. The number of benzene rings is 2. The number of ether oxygens (including phenoxy) is 4. The molecule has 1 unspecified atom stereocenters. The Bertz CT molecular complexity index is 819. The lowest BCUT2D eigenvalue weighted by Gasteiger charge is -2.15. The fourth-order valence-corrected chi connectivity index (χ4v) is 2.57. The van der Waals surface area contributed by atoms with Crippen LogP contribution >= 0.6 is 0 Å². The first-order valence-corrected chi connectivity index (χ1v) is 9.36. The number of amides is 1. The maximum absolute atomic E-state index is 12.2. The summed E-state index contributed by atoms with van der Waals surface area (Å²) in [5.41, 5.74) is 2.01. The fraction of sp³-hybridized carbons (Fsp3) is 0.364. The van der Waals surface area contributed by atoms with Crippen LogP contribution in [0.1, 0.15) is 25.0 Å². The minimum absolute atomic E-state index is 0.265. The van der Waals surface area contributed by atoms with Gasteiger partial charge in [-0.1, -0.05) is 25.1 Å². The van der Waals surface area contributed by atoms with Gasteiger partial charge in [-0.15, -0.1) is 0 Å². The summed E-state index contributed by atoms with van der Waals surface area (Å²) in [5.74, 6) is 0.737. The van der Waals surface area contributed by atoms with Gasteiger partial charge in [-0.3, -0.25) is 4.79 Å². The van der Waals surface area contributed by atoms with Gasteiger partial charge in [0.05, 0.1) is 14.2 Å². The molecule has 2 aromatic rings. The summed E-state index contributed by atoms with van der Waals surface area (Å²) >= 11 is 0. The normalized spacial score (nSPS) is 11.3. The fourth-order valence-electron chi connectivity index (χ4n) is 2.57. The Balaban J connectivity index is 1.78. The van der Waals surface area contributed by atoms with Crippen LogP contribution < -0.4 is 19.5 Å². The highest BCUT2D eigenvalue weighted by Gasteiger charge is 2.18. The van der Waals surface area contributed by atoms with E-state index < -0.39 is 18.0 Å². The maximum Gasteiger partial charge on any atom is 0.344 e. The summed E-state index contributed by atoms with van der Waals surface area (Å²) in [6.07, 6.45) is -0.00755. The van der Waals surface area contributed by atoms with Gasteiger partial charge in [0.25, 0.3) is 5.91 Å². The molecule has 0 aliphatic carbocycles. The van der Waals surface area contributed by atoms with Gasteiger partial charge in [0.1, 0.15) is 5.75 Å². The molecule has 0 fully saturated rings. The van der Waals surface area contributed by atoms with Crippen LogP contribution in [-0.2, 0) is 27.3 Å². The topological polar surface area (TPSA) is 83.1 Å². The molecule has 1 amide bonds. The molecule has 1 atom stereocenters. The zero-order chi connectivity index (χ0) is 21.2. The van der Waals surface area contributed by atoms with E-state index >= 15 is 0 Å². The largest absolute Gasteiger partial charge is 0.493 e. The van der Waals surface area contributed by atoms with Gasteiger partial charge in [-0.05, 0) is 48.7 Å². The highest BCUT2D eigenvalue weighted by Crippen LogP contribution is 2.27. The third kappa shape index (κ3) is 6.71. The molecule has 2 rings (SSSR count). The summed E-state index contributed by atoms with van der Waals surface area (Å²) in [5, 5.41) is 2.73. The highest BCUT2D eigenvalue weighted by atomic mass is 16.6. The van der Waals surface area contributed by atoms with E-state index in [4.69, 9.17) is 18.9 Å². The number of methoxy groups -OCH3 is 2. The minimum atomic E-state index is -0.936. The van der Waals surface area contributed by atoms with Gasteiger partial charge in [0.2, 0.25) is 0 Å². The molecule has 0 heterocycles. The van der Waals surface area contributed by atoms with Crippen molar-refractivity contribution in [3.05, 3.63) is 53.6 Å². The van der Waals surface area contributed by atoms with Crippen molar-refractivity contribution in [2.24, 2.45) is 0 Å². The highest BCUT2D eigenvalue weighted by molar-refractivity contribution is 5.83. The molecule has 1 N–H and O–H groups in total. The van der Waals surface area contributed by atoms with Crippen LogP contribution in [0.25, 0.3) is 0 Å². The molecule has 0 spiro atoms. The lowest BCUT2D eigenvalue weighted by molar-refractivity contribution is -0.156. The van der Waals surface area contributed by atoms with E-state index in [2.05, 4.69) is 12.2 Å². The number of carbonyl (C=O) groups is 2. The zero-order valence-electron chi connectivity index (χ0n) is 17.2. The number of carbonyl (C=O) groups excluding carboxylic acids is 2. The lowest BCUT2D eigenvalue weighted by Crippen LogP contribution is -2.36. The Kier molecular flexibility index (Phi) is 8.33. The number of rotatable bonds is 10. The Morgan fingerprint density at radius 1 is 0.966 bits per heavy atom. The summed E-state index contributed by atoms with van der Waals surface area (Å²) in [4.78, 5) is 24.1. The minimum Gasteiger partial charge on any atom is -0.493 e. The summed E-state index contributed by atoms with van der Waals surface area (Å²) in [6, 6.07) is 12.8. The molecule has 0 radical (unpaired) electrons. The van der Waals surface area contributed by atoms with Gasteiger partial charge < -0.3 is 24.3 Å². The molecular formula is C22H27NO6. The van der Waals surface area contributed by atoms with E-state index in [0.717, 1.165) is 12.0 Å². The lowest BCUT2D eigenvalue weighted by atomic mass is 10.2. The predicted molar refractivity (Wildman–Crippen MR) is 108 cm³/mol. The predicted octanol–water partition coefficient (Wildman–Crippen LogP) is 2.89. The Hall–Kier alpha value is -3.22. The number of esters is 1. The molecule has 0 aliphatic rings. The number of hydrogen-bond donors (Lipinski definition) is 1. The molecule has 29 heavy (non-hydrogen) atoms. The average molecular weight is 401 g/mol. The van der Waals surface area contributed by atoms with Crippen molar-refractivity contribution in [1.82, 2.24) is 5.32 Å². The SMILES string of the molecule is CCc1ccc(OCC(=O)OC(C)C(=O)NCc2ccc(OC)c(OC)c2)cc1. The Morgan fingerprint density at radius 3 is 2.24 bits per heavy atom. The van der Waals surface area contributed by atoms with E-state index in [1.165, 1.54) is 12.5 Å². The maximum atomic E-state index is 12.2. The summed E-state index contributed by atoms with van der Waals surface area (Å²) < 4.78 is 20.9. The molecule has 0 bridgehead atoms. The number of nitrogens with one attached hydrogen (secondary N) is 1. The van der Waals surface area contributed by atoms with E-state index in [0.29, 0.717) is 17.2 Å². The number of hydrogen-bond acceptors (Lipinski definition) is 6. The molecule has 0 aliphatic heterocycles. The van der Waals surface area contributed by atoms with E-state index in [1.54, 1.807) is 38.5 Å². The van der Waals surface area contributed by atoms with Crippen LogP contribution in [-0.4, -0.2) is 38.8 Å². The van der Waals surface area contributed by atoms with Gasteiger partial charge in [-0.2, -0.15) is 0 Å². The van der Waals surface area contributed by atoms with Crippen LogP contribution in [0.3, 0.4) is 0 Å². The molecule has 7 heteroatoms. The first-order chi connectivity index (χ1) is 14.0. The second-order valence-electron chi connectivity index (χ2n) is 6.33. The van der Waals surface area contributed by atoms with Crippen molar-refractivity contribution >= 4 is 11.9 Å². The van der Waals surface area contributed by atoms with Gasteiger partial charge >= 0.3 is 5.97 Å². The molecule has 0 aromatic heterocycles. The Labute approximate surface area is 170 Å². The Morgan fingerprint density at radius 2 is 1.62 bits per heavy atom. The zero-order valence-corrected chi connectivity index (χ0v) is 17.2. The van der Waals surface area contributed by atoms with Crippen LogP contribution in [0.15, 0.2) is 42.5 Å². The first-order valence-electron chi connectivity index (χ1n) is 9.36. The van der Waals surface area contributed by atoms with Crippen LogP contribution in [0.2, 0.25) is 0 Å². The summed E-state index contributed by atoms with van der Waals surface area (Å²) in [6.45, 7) is 3.57. The second kappa shape index (κ2) is 10.9. The van der Waals surface area contributed by atoms with Crippen LogP contribution in [0.4, 0.5) is 0 Å². The second-order valence-corrected chi connectivity index (χ2v) is 6.33. The molecule has 7 nitrogen and oxygen atoms in total. The monoisotopic (exact) mass is 401 g/mol. The number of aryl methyl sites for hydroxylation is 1. The van der Waals surface area contributed by atoms with Crippen molar-refractivity contribution < 1.29 is 28.5 Å². The summed E-state index contributed by atoms with van der Waals surface area (Å²) in [7, 11) is 3.10. The van der Waals surface area contributed by atoms with Crippen molar-refractivity contribution in [2.75, 3.05) is 20.8 Å². The van der Waals surface area contributed by atoms with Crippen molar-refractivity contribution in [3.63, 3.8) is 0 Å². The molecule has 0 saturated carbocycles. The van der Waals surface area contributed by atoms with Crippen LogP contribution in [0, 0.1) is 0 Å². The van der Waals surface area contributed by atoms with Gasteiger partial charge in [0, 0.05) is 6.54 Å². The standard InChI is InChI=1S/C22H27NO6/c1-5-16-6-9-18(10-7-16)28-14-21(24)29-15(2)22(25)23-13-17-8-11-19(26-3)20(12-17)27-4/h6-12,15H,5,13-14H2,1-4H3,(H,23,25). The molecular weight excluding hydrogens is 374 g/mol. The third-order valence-corrected chi connectivity index (χ3v) is 4.28. The molecule has 156 valence electrons. The van der Waals surface area contributed by atoms with Crippen molar-refractivity contribution in [1.29, 1.82) is 0 Å². The quantitative estimate of drug-likeness (QED) is 0.617. The van der Waals surface area contributed by atoms with Gasteiger partial charge in [0.15, 0.2) is 24.2 Å². The molecule has 2 aromatic carbocycles. The smallest absolute Gasteiger partial charge is 0.344 e. The van der Waals surface area contributed by atoms with Gasteiger partial charge in [-0.25, -0.2) is 4.79 Å². The van der Waals surface area contributed by atoms with E-state index in [1.807, 2.05) is 18.2 Å². The van der Waals surface area contributed by atoms with Crippen molar-refractivity contribution in [2.45, 2.75) is 32.9 Å². The van der Waals surface area contributed by atoms with Crippen LogP contribution in [0.5, 0.6) is 17.2 Å². The first kappa shape index (κ1) is 22.1.